The maximum Gasteiger partial charge on any atom is 0.241 e. The zero-order valence-electron chi connectivity index (χ0n) is 18.4. The van der Waals surface area contributed by atoms with Gasteiger partial charge in [-0.05, 0) is 51.2 Å². The molecular formula is C24H29N3O3S2. The zero-order valence-corrected chi connectivity index (χ0v) is 20.0. The number of nitrogens with one attached hydrogen (secondary N) is 1. The number of carbonyl (C=O) groups excluding carboxylic acids is 1. The summed E-state index contributed by atoms with van der Waals surface area (Å²) in [5.41, 5.74) is 1.29. The number of nitrogens with zero attached hydrogens (tertiary/aromatic N) is 2. The minimum absolute atomic E-state index is 0.153. The van der Waals surface area contributed by atoms with Crippen molar-refractivity contribution in [3.63, 3.8) is 0 Å². The molecule has 1 unspecified atom stereocenters. The predicted molar refractivity (Wildman–Crippen MR) is 129 cm³/mol. The van der Waals surface area contributed by atoms with Gasteiger partial charge in [0.05, 0.1) is 4.90 Å². The number of amides is 1. The first-order chi connectivity index (χ1) is 15.3. The summed E-state index contributed by atoms with van der Waals surface area (Å²) < 4.78 is 28.9. The van der Waals surface area contributed by atoms with Crippen molar-refractivity contribution >= 4 is 38.0 Å². The minimum Gasteiger partial charge on any atom is -0.339 e. The van der Waals surface area contributed by atoms with Gasteiger partial charge in [-0.15, -0.1) is 0 Å². The molecule has 1 aliphatic rings. The Morgan fingerprint density at radius 3 is 2.41 bits per heavy atom. The predicted octanol–water partition coefficient (Wildman–Crippen LogP) is 3.55. The average molecular weight is 472 g/mol. The third-order valence-corrected chi connectivity index (χ3v) is 8.09. The quantitative estimate of drug-likeness (QED) is 0.572. The molecule has 0 radical (unpaired) electrons. The molecule has 1 aromatic heterocycles. The van der Waals surface area contributed by atoms with Gasteiger partial charge in [0.15, 0.2) is 0 Å². The van der Waals surface area contributed by atoms with Crippen LogP contribution in [0.4, 0.5) is 0 Å². The monoisotopic (exact) mass is 471 g/mol. The van der Waals surface area contributed by atoms with Gasteiger partial charge in [-0.3, -0.25) is 9.69 Å². The van der Waals surface area contributed by atoms with Crippen molar-refractivity contribution in [2.45, 2.75) is 31.3 Å². The van der Waals surface area contributed by atoms with E-state index < -0.39 is 16.1 Å². The van der Waals surface area contributed by atoms with E-state index in [-0.39, 0.29) is 16.7 Å². The van der Waals surface area contributed by atoms with Crippen molar-refractivity contribution in [1.82, 2.24) is 14.5 Å². The van der Waals surface area contributed by atoms with Crippen molar-refractivity contribution in [3.05, 3.63) is 64.9 Å². The lowest BCUT2D eigenvalue weighted by Crippen LogP contribution is -2.56. The van der Waals surface area contributed by atoms with Gasteiger partial charge in [0, 0.05) is 32.7 Å². The van der Waals surface area contributed by atoms with Gasteiger partial charge >= 0.3 is 0 Å². The van der Waals surface area contributed by atoms with Crippen LogP contribution in [0, 0.1) is 5.92 Å². The van der Waals surface area contributed by atoms with Crippen LogP contribution in [-0.4, -0.2) is 56.3 Å². The van der Waals surface area contributed by atoms with E-state index >= 15 is 0 Å². The van der Waals surface area contributed by atoms with Crippen molar-refractivity contribution in [2.24, 2.45) is 5.92 Å². The molecule has 170 valence electrons. The lowest BCUT2D eigenvalue weighted by Gasteiger charge is -2.37. The highest BCUT2D eigenvalue weighted by atomic mass is 32.2. The maximum atomic E-state index is 13.3. The van der Waals surface area contributed by atoms with E-state index in [0.717, 1.165) is 30.4 Å². The number of benzene rings is 2. The summed E-state index contributed by atoms with van der Waals surface area (Å²) in [6.07, 6.45) is 0. The number of hydrogen-bond donors (Lipinski definition) is 1. The van der Waals surface area contributed by atoms with Crippen molar-refractivity contribution in [2.75, 3.05) is 26.2 Å². The highest BCUT2D eigenvalue weighted by molar-refractivity contribution is 7.89. The fourth-order valence-electron chi connectivity index (χ4n) is 4.01. The van der Waals surface area contributed by atoms with E-state index in [1.807, 2.05) is 38.1 Å². The van der Waals surface area contributed by atoms with Crippen LogP contribution in [0.1, 0.15) is 19.4 Å². The number of sulfonamides is 1. The van der Waals surface area contributed by atoms with Crippen LogP contribution in [0.25, 0.3) is 10.8 Å². The summed E-state index contributed by atoms with van der Waals surface area (Å²) in [4.78, 5) is 17.6. The second-order valence-electron chi connectivity index (χ2n) is 8.58. The van der Waals surface area contributed by atoms with Crippen LogP contribution < -0.4 is 4.72 Å². The molecule has 0 bridgehead atoms. The third kappa shape index (κ3) is 5.20. The Kier molecular flexibility index (Phi) is 6.95. The van der Waals surface area contributed by atoms with Crippen LogP contribution in [0.3, 0.4) is 0 Å². The molecule has 0 aliphatic carbocycles. The first-order valence-electron chi connectivity index (χ1n) is 10.9. The summed E-state index contributed by atoms with van der Waals surface area (Å²) in [6, 6.07) is 14.0. The highest BCUT2D eigenvalue weighted by Crippen LogP contribution is 2.21. The summed E-state index contributed by atoms with van der Waals surface area (Å²) in [7, 11) is -3.83. The summed E-state index contributed by atoms with van der Waals surface area (Å²) in [5.74, 6) is -0.318. The molecule has 2 aromatic carbocycles. The van der Waals surface area contributed by atoms with Crippen LogP contribution in [0.5, 0.6) is 0 Å². The lowest BCUT2D eigenvalue weighted by molar-refractivity contribution is -0.135. The number of fused-ring (bicyclic) bond motifs is 1. The Hall–Kier alpha value is -2.26. The molecule has 3 aromatic rings. The molecule has 4 rings (SSSR count). The molecule has 6 nitrogen and oxygen atoms in total. The van der Waals surface area contributed by atoms with Crippen LogP contribution in [0.15, 0.2) is 64.2 Å². The Bertz CT molecular complexity index is 1170. The normalized spacial score (nSPS) is 16.5. The topological polar surface area (TPSA) is 69.7 Å². The van der Waals surface area contributed by atoms with Gasteiger partial charge in [0.2, 0.25) is 15.9 Å². The summed E-state index contributed by atoms with van der Waals surface area (Å²) in [6.45, 7) is 7.39. The first-order valence-corrected chi connectivity index (χ1v) is 13.3. The average Bonchev–Trinajstić information content (AvgIpc) is 3.30. The number of hydrogen-bond acceptors (Lipinski definition) is 5. The smallest absolute Gasteiger partial charge is 0.241 e. The molecule has 1 fully saturated rings. The largest absolute Gasteiger partial charge is 0.339 e. The number of thiophene rings is 1. The number of carbonyl (C=O) groups is 1. The second kappa shape index (κ2) is 9.70. The van der Waals surface area contributed by atoms with Gasteiger partial charge in [-0.2, -0.15) is 16.1 Å². The Labute approximate surface area is 193 Å². The van der Waals surface area contributed by atoms with Crippen molar-refractivity contribution in [3.8, 4) is 0 Å². The van der Waals surface area contributed by atoms with E-state index in [1.54, 1.807) is 34.4 Å². The molecule has 8 heteroatoms. The molecule has 2 heterocycles. The van der Waals surface area contributed by atoms with Gasteiger partial charge in [-0.25, -0.2) is 8.42 Å². The maximum absolute atomic E-state index is 13.3. The van der Waals surface area contributed by atoms with Gasteiger partial charge < -0.3 is 4.90 Å². The molecule has 1 amide bonds. The van der Waals surface area contributed by atoms with Crippen LogP contribution >= 0.6 is 11.3 Å². The van der Waals surface area contributed by atoms with E-state index in [2.05, 4.69) is 26.4 Å². The molecular weight excluding hydrogens is 442 g/mol. The Morgan fingerprint density at radius 2 is 1.75 bits per heavy atom. The molecule has 1 aliphatic heterocycles. The Balaban J connectivity index is 1.44. The van der Waals surface area contributed by atoms with E-state index in [0.29, 0.717) is 13.1 Å². The van der Waals surface area contributed by atoms with Crippen molar-refractivity contribution < 1.29 is 13.2 Å². The molecule has 1 N–H and O–H groups in total. The zero-order chi connectivity index (χ0) is 22.7. The minimum atomic E-state index is -3.83. The first kappa shape index (κ1) is 22.9. The van der Waals surface area contributed by atoms with Crippen LogP contribution in [0.2, 0.25) is 0 Å². The van der Waals surface area contributed by atoms with Crippen LogP contribution in [-0.2, 0) is 21.4 Å². The van der Waals surface area contributed by atoms with Crippen molar-refractivity contribution in [1.29, 1.82) is 0 Å². The van der Waals surface area contributed by atoms with E-state index in [9.17, 15) is 13.2 Å². The molecule has 0 spiro atoms. The molecule has 32 heavy (non-hydrogen) atoms. The molecule has 1 atom stereocenters. The second-order valence-corrected chi connectivity index (χ2v) is 11.1. The SMILES string of the molecule is CC(C)C(NS(=O)(=O)c1ccc2ccccc2c1)C(=O)N1CCN(Cc2ccsc2)CC1. The van der Waals surface area contributed by atoms with Gasteiger partial charge in [-0.1, -0.05) is 44.2 Å². The van der Waals surface area contributed by atoms with E-state index in [1.165, 1.54) is 5.56 Å². The molecule has 0 saturated carbocycles. The standard InChI is InChI=1S/C24H29N3O3S2/c1-18(2)23(24(28)27-12-10-26(11-13-27)16-19-9-14-31-17-19)25-32(29,30)22-8-7-20-5-3-4-6-21(20)15-22/h3-9,14-15,17-18,23,25H,10-13,16H2,1-2H3. The molecule has 1 saturated heterocycles. The van der Waals surface area contributed by atoms with Gasteiger partial charge in [0.1, 0.15) is 6.04 Å². The lowest BCUT2D eigenvalue weighted by atomic mass is 10.0. The summed E-state index contributed by atoms with van der Waals surface area (Å²) in [5, 5.41) is 6.05. The fraction of sp³-hybridized carbons (Fsp3) is 0.375. The highest BCUT2D eigenvalue weighted by Gasteiger charge is 2.33. The Morgan fingerprint density at radius 1 is 1.03 bits per heavy atom. The summed E-state index contributed by atoms with van der Waals surface area (Å²) >= 11 is 1.69. The van der Waals surface area contributed by atoms with Gasteiger partial charge in [0.25, 0.3) is 0 Å². The number of piperazine rings is 1. The van der Waals surface area contributed by atoms with E-state index in [4.69, 9.17) is 0 Å². The number of rotatable bonds is 7. The third-order valence-electron chi connectivity index (χ3n) is 5.92. The fourth-order valence-corrected chi connectivity index (χ4v) is 6.04.